The fourth-order valence-corrected chi connectivity index (χ4v) is 3.43. The zero-order valence-electron chi connectivity index (χ0n) is 12.8. The van der Waals surface area contributed by atoms with Crippen LogP contribution >= 0.6 is 0 Å². The van der Waals surface area contributed by atoms with Gasteiger partial charge in [-0.1, -0.05) is 17.8 Å². The van der Waals surface area contributed by atoms with Crippen LogP contribution in [-0.2, 0) is 6.54 Å². The van der Waals surface area contributed by atoms with E-state index in [0.717, 1.165) is 24.9 Å². The highest BCUT2D eigenvalue weighted by atomic mass is 16.6. The lowest BCUT2D eigenvalue weighted by Crippen LogP contribution is -2.40. The van der Waals surface area contributed by atoms with Gasteiger partial charge in [0.25, 0.3) is 0 Å². The minimum atomic E-state index is -0.604. The van der Waals surface area contributed by atoms with Crippen LogP contribution in [0.5, 0.6) is 0 Å². The van der Waals surface area contributed by atoms with E-state index in [1.54, 1.807) is 6.20 Å². The van der Waals surface area contributed by atoms with E-state index in [9.17, 15) is 15.2 Å². The molecule has 0 aromatic carbocycles. The monoisotopic (exact) mass is 308 g/mol. The minimum absolute atomic E-state index is 0.206. The summed E-state index contributed by atoms with van der Waals surface area (Å²) in [7, 11) is 0. The zero-order valence-corrected chi connectivity index (χ0v) is 12.8. The van der Waals surface area contributed by atoms with Crippen LogP contribution in [0.3, 0.4) is 0 Å². The Morgan fingerprint density at radius 2 is 1.95 bits per heavy atom. The van der Waals surface area contributed by atoms with E-state index >= 15 is 0 Å². The molecular weight excluding hydrogens is 284 g/mol. The molecule has 2 fully saturated rings. The van der Waals surface area contributed by atoms with Gasteiger partial charge in [0.1, 0.15) is 12.4 Å². The molecule has 122 valence electrons. The predicted octanol–water partition coefficient (Wildman–Crippen LogP) is 1.66. The van der Waals surface area contributed by atoms with Gasteiger partial charge in [0.2, 0.25) is 0 Å². The highest BCUT2D eigenvalue weighted by Crippen LogP contribution is 2.38. The van der Waals surface area contributed by atoms with E-state index in [0.29, 0.717) is 6.54 Å². The number of rotatable bonds is 7. The molecule has 1 aromatic rings. The largest absolute Gasteiger partial charge is 0.434 e. The van der Waals surface area contributed by atoms with Crippen molar-refractivity contribution < 1.29 is 10.0 Å². The number of aromatic nitrogens is 2. The number of piperidine rings is 1. The van der Waals surface area contributed by atoms with Gasteiger partial charge in [0.15, 0.2) is 0 Å². The van der Waals surface area contributed by atoms with E-state index in [2.05, 4.69) is 9.88 Å². The lowest BCUT2D eigenvalue weighted by molar-refractivity contribution is -0.397. The van der Waals surface area contributed by atoms with Crippen LogP contribution in [0, 0.1) is 22.0 Å². The number of β-amino-alcohol motifs (C(OH)–C–C–N with tert-alkyl or cyclic N) is 1. The van der Waals surface area contributed by atoms with E-state index < -0.39 is 11.0 Å². The molecule has 1 aliphatic carbocycles. The fourth-order valence-electron chi connectivity index (χ4n) is 3.43. The van der Waals surface area contributed by atoms with Gasteiger partial charge >= 0.3 is 5.95 Å². The number of aliphatic hydroxyl groups excluding tert-OH is 1. The highest BCUT2D eigenvalue weighted by molar-refractivity contribution is 5.06. The van der Waals surface area contributed by atoms with Crippen molar-refractivity contribution in [2.24, 2.45) is 11.8 Å². The third-order valence-corrected chi connectivity index (χ3v) is 4.80. The molecule has 2 heterocycles. The van der Waals surface area contributed by atoms with Gasteiger partial charge in [-0.15, -0.1) is 0 Å². The smallest absolute Gasteiger partial charge is 0.390 e. The summed E-state index contributed by atoms with van der Waals surface area (Å²) in [6.07, 6.45) is 9.00. The van der Waals surface area contributed by atoms with Crippen LogP contribution < -0.4 is 0 Å². The summed E-state index contributed by atoms with van der Waals surface area (Å²) in [4.78, 5) is 16.3. The number of likely N-dealkylation sites (tertiary alicyclic amines) is 1. The lowest BCUT2D eigenvalue weighted by atomic mass is 9.91. The summed E-state index contributed by atoms with van der Waals surface area (Å²) in [5.41, 5.74) is 0. The fraction of sp³-hybridized carbons (Fsp3) is 0.800. The van der Waals surface area contributed by atoms with Crippen LogP contribution in [0.15, 0.2) is 12.4 Å². The third-order valence-electron chi connectivity index (χ3n) is 4.80. The SMILES string of the molecule is O=[N+]([O-])c1nccn1CC(O)CN1CCC(CC2CC2)CC1. The van der Waals surface area contributed by atoms with Crippen molar-refractivity contribution in [1.82, 2.24) is 14.5 Å². The Morgan fingerprint density at radius 3 is 2.59 bits per heavy atom. The summed E-state index contributed by atoms with van der Waals surface area (Å²) in [6.45, 7) is 2.85. The van der Waals surface area contributed by atoms with Crippen molar-refractivity contribution in [3.8, 4) is 0 Å². The number of hydrogen-bond acceptors (Lipinski definition) is 5. The Labute approximate surface area is 130 Å². The molecule has 3 rings (SSSR count). The molecule has 7 heteroatoms. The van der Waals surface area contributed by atoms with Crippen molar-refractivity contribution in [3.63, 3.8) is 0 Å². The Hall–Kier alpha value is -1.47. The molecule has 0 amide bonds. The Bertz CT molecular complexity index is 507. The Balaban J connectivity index is 1.43. The first-order valence-electron chi connectivity index (χ1n) is 8.17. The second kappa shape index (κ2) is 6.75. The number of hydrogen-bond donors (Lipinski definition) is 1. The van der Waals surface area contributed by atoms with Crippen molar-refractivity contribution in [3.05, 3.63) is 22.5 Å². The second-order valence-corrected chi connectivity index (χ2v) is 6.71. The van der Waals surface area contributed by atoms with Gasteiger partial charge in [0.05, 0.1) is 12.6 Å². The number of imidazole rings is 1. The highest BCUT2D eigenvalue weighted by Gasteiger charge is 2.28. The first-order valence-corrected chi connectivity index (χ1v) is 8.17. The maximum Gasteiger partial charge on any atom is 0.434 e. The first kappa shape index (κ1) is 15.4. The molecule has 2 aliphatic rings. The molecule has 1 atom stereocenters. The molecule has 22 heavy (non-hydrogen) atoms. The molecule has 1 saturated heterocycles. The second-order valence-electron chi connectivity index (χ2n) is 6.71. The summed E-state index contributed by atoms with van der Waals surface area (Å²) in [5, 5.41) is 21.0. The van der Waals surface area contributed by atoms with Crippen molar-refractivity contribution >= 4 is 5.95 Å². The van der Waals surface area contributed by atoms with Crippen molar-refractivity contribution in [2.75, 3.05) is 19.6 Å². The minimum Gasteiger partial charge on any atom is -0.390 e. The average Bonchev–Trinajstić information content (AvgIpc) is 3.17. The van der Waals surface area contributed by atoms with Crippen LogP contribution in [0.25, 0.3) is 0 Å². The van der Waals surface area contributed by atoms with Crippen LogP contribution in [0.4, 0.5) is 5.95 Å². The number of nitrogens with zero attached hydrogens (tertiary/aromatic N) is 4. The van der Waals surface area contributed by atoms with Gasteiger partial charge in [0, 0.05) is 6.54 Å². The first-order chi connectivity index (χ1) is 10.6. The molecule has 0 radical (unpaired) electrons. The van der Waals surface area contributed by atoms with Gasteiger partial charge in [-0.25, -0.2) is 4.57 Å². The molecule has 1 aliphatic heterocycles. The standard InChI is InChI=1S/C15H24N4O3/c20-14(11-18-8-5-16-15(18)19(21)22)10-17-6-3-13(4-7-17)9-12-1-2-12/h5,8,12-14,20H,1-4,6-7,9-11H2. The van der Waals surface area contributed by atoms with Gasteiger partial charge in [-0.2, -0.15) is 0 Å². The summed E-state index contributed by atoms with van der Waals surface area (Å²) in [6, 6.07) is 0. The topological polar surface area (TPSA) is 84.4 Å². The van der Waals surface area contributed by atoms with Gasteiger partial charge in [-0.05, 0) is 49.1 Å². The molecule has 1 unspecified atom stereocenters. The maximum absolute atomic E-state index is 10.8. The summed E-state index contributed by atoms with van der Waals surface area (Å²) < 4.78 is 1.41. The Morgan fingerprint density at radius 1 is 1.27 bits per heavy atom. The molecule has 7 nitrogen and oxygen atoms in total. The average molecular weight is 308 g/mol. The van der Waals surface area contributed by atoms with Crippen LogP contribution in [0.1, 0.15) is 32.1 Å². The van der Waals surface area contributed by atoms with Gasteiger partial charge in [-0.3, -0.25) is 0 Å². The van der Waals surface area contributed by atoms with Crippen LogP contribution in [-0.4, -0.2) is 50.2 Å². The van der Waals surface area contributed by atoms with Crippen molar-refractivity contribution in [1.29, 1.82) is 0 Å². The summed E-state index contributed by atoms with van der Waals surface area (Å²) in [5.74, 6) is 1.64. The zero-order chi connectivity index (χ0) is 15.5. The Kier molecular flexibility index (Phi) is 4.73. The number of nitro groups is 1. The van der Waals surface area contributed by atoms with E-state index in [4.69, 9.17) is 0 Å². The van der Waals surface area contributed by atoms with Gasteiger partial charge < -0.3 is 20.1 Å². The molecular formula is C15H24N4O3. The molecule has 1 N–H and O–H groups in total. The molecule has 1 saturated carbocycles. The normalized spacial score (nSPS) is 21.9. The summed E-state index contributed by atoms with van der Waals surface area (Å²) >= 11 is 0. The number of aliphatic hydroxyl groups is 1. The maximum atomic E-state index is 10.8. The molecule has 0 bridgehead atoms. The lowest BCUT2D eigenvalue weighted by Gasteiger charge is -2.33. The third kappa shape index (κ3) is 4.04. The van der Waals surface area contributed by atoms with E-state index in [1.807, 2.05) is 0 Å². The van der Waals surface area contributed by atoms with E-state index in [-0.39, 0.29) is 12.5 Å². The quantitative estimate of drug-likeness (QED) is 0.612. The molecule has 1 aromatic heterocycles. The van der Waals surface area contributed by atoms with Crippen LogP contribution in [0.2, 0.25) is 0 Å². The van der Waals surface area contributed by atoms with E-state index in [1.165, 1.54) is 42.9 Å². The van der Waals surface area contributed by atoms with Crippen molar-refractivity contribution in [2.45, 2.75) is 44.8 Å². The molecule has 0 spiro atoms. The predicted molar refractivity (Wildman–Crippen MR) is 81.4 cm³/mol.